The molecule has 1 N–H and O–H groups in total. The first-order chi connectivity index (χ1) is 9.20. The number of nitrogens with zero attached hydrogens (tertiary/aromatic N) is 1. The van der Waals surface area contributed by atoms with Crippen LogP contribution in [0.15, 0.2) is 18.3 Å². The normalized spacial score (nSPS) is 23.0. The summed E-state index contributed by atoms with van der Waals surface area (Å²) in [5.41, 5.74) is 1.19. The van der Waals surface area contributed by atoms with Crippen LogP contribution >= 0.6 is 0 Å². The van der Waals surface area contributed by atoms with Crippen LogP contribution in [0.4, 0.5) is 0 Å². The summed E-state index contributed by atoms with van der Waals surface area (Å²) in [7, 11) is 0.712. The molecule has 19 heavy (non-hydrogen) atoms. The number of nitrogens with one attached hydrogen (secondary N) is 1. The second-order valence-corrected chi connectivity index (χ2v) is 6.19. The van der Waals surface area contributed by atoms with Crippen LogP contribution < -0.4 is 5.32 Å². The van der Waals surface area contributed by atoms with Crippen molar-refractivity contribution in [3.05, 3.63) is 29.6 Å². The number of hydrogen-bond donors (Lipinski definition) is 1. The molecule has 6 heteroatoms. The fraction of sp³-hybridized carbons (Fsp3) is 0.538. The molecule has 0 saturated carbocycles. The molecule has 0 atom stereocenters. The number of aromatic nitrogens is 1. The second-order valence-electron chi connectivity index (χ2n) is 4.49. The first-order valence-electron chi connectivity index (χ1n) is 6.31. The lowest BCUT2D eigenvalue weighted by molar-refractivity contribution is 0.0598. The van der Waals surface area contributed by atoms with Gasteiger partial charge >= 0.3 is 5.97 Å². The maximum atomic E-state index is 11.6. The van der Waals surface area contributed by atoms with Crippen molar-refractivity contribution in [1.82, 2.24) is 10.3 Å². The zero-order valence-corrected chi connectivity index (χ0v) is 11.7. The van der Waals surface area contributed by atoms with E-state index in [-0.39, 0.29) is 5.97 Å². The predicted octanol–water partition coefficient (Wildman–Crippen LogP) is 0.869. The quantitative estimate of drug-likeness (QED) is 0.830. The van der Waals surface area contributed by atoms with Gasteiger partial charge in [-0.1, -0.05) is 0 Å². The van der Waals surface area contributed by atoms with Gasteiger partial charge in [0.1, 0.15) is 0 Å². The number of methoxy groups -OCH3 is 1. The van der Waals surface area contributed by atoms with Crippen molar-refractivity contribution in [3.8, 4) is 0 Å². The minimum Gasteiger partial charge on any atom is -0.465 e. The van der Waals surface area contributed by atoms with Crippen LogP contribution in [-0.4, -0.2) is 39.8 Å². The van der Waals surface area contributed by atoms with Gasteiger partial charge < -0.3 is 10.1 Å². The molecule has 1 fully saturated rings. The maximum absolute atomic E-state index is 11.6. The fourth-order valence-corrected chi connectivity index (χ4v) is 3.41. The zero-order chi connectivity index (χ0) is 13.7. The van der Waals surface area contributed by atoms with Gasteiger partial charge in [0, 0.05) is 41.1 Å². The average Bonchev–Trinajstić information content (AvgIpc) is 2.46. The van der Waals surface area contributed by atoms with Crippen molar-refractivity contribution in [2.75, 3.05) is 18.6 Å². The lowest BCUT2D eigenvalue weighted by Gasteiger charge is -2.22. The van der Waals surface area contributed by atoms with Crippen LogP contribution in [0, 0.1) is 0 Å². The number of esters is 1. The molecule has 1 aromatic heterocycles. The van der Waals surface area contributed by atoms with Gasteiger partial charge in [-0.25, -0.2) is 4.79 Å². The molecule has 1 aliphatic heterocycles. The molecule has 5 nitrogen and oxygen atoms in total. The number of pyridine rings is 1. The van der Waals surface area contributed by atoms with Crippen molar-refractivity contribution in [1.29, 1.82) is 0 Å². The van der Waals surface area contributed by atoms with E-state index in [1.807, 2.05) is 0 Å². The van der Waals surface area contributed by atoms with Crippen molar-refractivity contribution < 1.29 is 13.7 Å². The monoisotopic (exact) mass is 282 g/mol. The number of rotatable bonds is 4. The Hall–Kier alpha value is -1.27. The van der Waals surface area contributed by atoms with Gasteiger partial charge in [-0.3, -0.25) is 9.19 Å². The zero-order valence-electron chi connectivity index (χ0n) is 10.9. The Kier molecular flexibility index (Phi) is 5.04. The van der Waals surface area contributed by atoms with E-state index in [1.165, 1.54) is 7.11 Å². The molecule has 0 aliphatic carbocycles. The smallest absolute Gasteiger partial charge is 0.339 e. The first kappa shape index (κ1) is 14.1. The highest BCUT2D eigenvalue weighted by Gasteiger charge is 2.18. The van der Waals surface area contributed by atoms with Gasteiger partial charge in [0.25, 0.3) is 0 Å². The molecule has 0 bridgehead atoms. The van der Waals surface area contributed by atoms with E-state index in [0.29, 0.717) is 23.8 Å². The molecule has 0 unspecified atom stereocenters. The van der Waals surface area contributed by atoms with Crippen molar-refractivity contribution in [3.63, 3.8) is 0 Å². The molecule has 2 rings (SSSR count). The lowest BCUT2D eigenvalue weighted by atomic mass is 10.1. The number of carbonyl (C=O) groups excluding carboxylic acids is 1. The third kappa shape index (κ3) is 3.84. The third-order valence-electron chi connectivity index (χ3n) is 3.24. The van der Waals surface area contributed by atoms with Gasteiger partial charge in [0.15, 0.2) is 0 Å². The number of ether oxygens (including phenoxy) is 1. The highest BCUT2D eigenvalue weighted by Crippen LogP contribution is 2.11. The van der Waals surface area contributed by atoms with Crippen molar-refractivity contribution in [2.24, 2.45) is 0 Å². The van der Waals surface area contributed by atoms with Crippen LogP contribution in [0.3, 0.4) is 0 Å². The van der Waals surface area contributed by atoms with E-state index < -0.39 is 10.8 Å². The van der Waals surface area contributed by atoms with Crippen molar-refractivity contribution >= 4 is 16.8 Å². The average molecular weight is 282 g/mol. The van der Waals surface area contributed by atoms with Crippen LogP contribution in [-0.2, 0) is 22.1 Å². The number of carbonyl (C=O) groups is 1. The van der Waals surface area contributed by atoms with Gasteiger partial charge in [0.05, 0.1) is 18.4 Å². The summed E-state index contributed by atoms with van der Waals surface area (Å²) in [5.74, 6) is 1.14. The molecule has 0 aromatic carbocycles. The third-order valence-corrected chi connectivity index (χ3v) is 4.62. The molecule has 0 amide bonds. The van der Waals surface area contributed by atoms with E-state index in [4.69, 9.17) is 4.74 Å². The Bertz CT molecular complexity index is 469. The van der Waals surface area contributed by atoms with E-state index in [9.17, 15) is 9.00 Å². The van der Waals surface area contributed by atoms with E-state index >= 15 is 0 Å². The van der Waals surface area contributed by atoms with E-state index in [2.05, 4.69) is 10.3 Å². The van der Waals surface area contributed by atoms with Gasteiger partial charge in [-0.2, -0.15) is 0 Å². The molecule has 0 radical (unpaired) electrons. The van der Waals surface area contributed by atoms with Crippen LogP contribution in [0.25, 0.3) is 0 Å². The minimum atomic E-state index is -0.652. The maximum Gasteiger partial charge on any atom is 0.339 e. The van der Waals surface area contributed by atoms with Crippen molar-refractivity contribution in [2.45, 2.75) is 25.4 Å². The molecule has 0 spiro atoms. The molecule has 104 valence electrons. The highest BCUT2D eigenvalue weighted by molar-refractivity contribution is 7.85. The minimum absolute atomic E-state index is 0.352. The fourth-order valence-electron chi connectivity index (χ4n) is 2.11. The van der Waals surface area contributed by atoms with E-state index in [0.717, 1.165) is 24.3 Å². The van der Waals surface area contributed by atoms with Crippen LogP contribution in [0.1, 0.15) is 28.9 Å². The van der Waals surface area contributed by atoms with Gasteiger partial charge in [-0.15, -0.1) is 0 Å². The molecule has 1 saturated heterocycles. The first-order valence-corrected chi connectivity index (χ1v) is 7.80. The summed E-state index contributed by atoms with van der Waals surface area (Å²) in [4.78, 5) is 15.8. The second kappa shape index (κ2) is 6.77. The largest absolute Gasteiger partial charge is 0.465 e. The SMILES string of the molecule is COC(=O)c1cccnc1CNC1CCS(=O)CC1. The highest BCUT2D eigenvalue weighted by atomic mass is 32.2. The Morgan fingerprint density at radius 1 is 1.53 bits per heavy atom. The van der Waals surface area contributed by atoms with Crippen LogP contribution in [0.2, 0.25) is 0 Å². The Morgan fingerprint density at radius 3 is 2.95 bits per heavy atom. The molecular formula is C13H18N2O3S. The Morgan fingerprint density at radius 2 is 2.26 bits per heavy atom. The summed E-state index contributed by atoms with van der Waals surface area (Å²) in [5, 5.41) is 3.37. The van der Waals surface area contributed by atoms with Gasteiger partial charge in [-0.05, 0) is 25.0 Å². The molecule has 2 heterocycles. The summed E-state index contributed by atoms with van der Waals surface area (Å²) >= 11 is 0. The standard InChI is InChI=1S/C13H18N2O3S/c1-18-13(16)11-3-2-6-14-12(11)9-15-10-4-7-19(17)8-5-10/h2-3,6,10,15H,4-5,7-9H2,1H3. The predicted molar refractivity (Wildman–Crippen MR) is 73.3 cm³/mol. The summed E-state index contributed by atoms with van der Waals surface area (Å²) in [6.45, 7) is 0.530. The number of hydrogen-bond acceptors (Lipinski definition) is 5. The topological polar surface area (TPSA) is 68.3 Å². The summed E-state index contributed by atoms with van der Waals surface area (Å²) in [6.07, 6.45) is 3.49. The molecule has 1 aromatic rings. The van der Waals surface area contributed by atoms with Gasteiger partial charge in [0.2, 0.25) is 0 Å². The summed E-state index contributed by atoms with van der Waals surface area (Å²) in [6, 6.07) is 3.79. The van der Waals surface area contributed by atoms with Crippen LogP contribution in [0.5, 0.6) is 0 Å². The van der Waals surface area contributed by atoms with E-state index in [1.54, 1.807) is 18.3 Å². The Labute approximate surface area is 115 Å². The molecular weight excluding hydrogens is 264 g/mol. The molecule has 1 aliphatic rings. The summed E-state index contributed by atoms with van der Waals surface area (Å²) < 4.78 is 16.0. The Balaban J connectivity index is 1.96. The lowest BCUT2D eigenvalue weighted by Crippen LogP contribution is -2.35.